The van der Waals surface area contributed by atoms with E-state index < -0.39 is 0 Å². The molecule has 1 aliphatic heterocycles. The first-order valence-electron chi connectivity index (χ1n) is 7.40. The number of hydrogen-bond donors (Lipinski definition) is 2. The lowest BCUT2D eigenvalue weighted by Gasteiger charge is -2.32. The predicted molar refractivity (Wildman–Crippen MR) is 73.3 cm³/mol. The van der Waals surface area contributed by atoms with Crippen molar-refractivity contribution in [1.82, 2.24) is 10.2 Å². The van der Waals surface area contributed by atoms with Gasteiger partial charge in [-0.1, -0.05) is 0 Å². The lowest BCUT2D eigenvalue weighted by molar-refractivity contribution is -0.136. The monoisotopic (exact) mass is 267 g/mol. The summed E-state index contributed by atoms with van der Waals surface area (Å²) in [5, 5.41) is 2.93. The Labute approximate surface area is 114 Å². The lowest BCUT2D eigenvalue weighted by atomic mass is 9.96. The van der Waals surface area contributed by atoms with Crippen LogP contribution in [0.3, 0.4) is 0 Å². The molecule has 1 aliphatic carbocycles. The molecule has 2 amide bonds. The Morgan fingerprint density at radius 2 is 2.05 bits per heavy atom. The number of carbonyl (C=O) groups excluding carboxylic acids is 2. The van der Waals surface area contributed by atoms with E-state index in [0.717, 1.165) is 38.6 Å². The molecule has 2 atom stereocenters. The number of amides is 2. The van der Waals surface area contributed by atoms with Gasteiger partial charge < -0.3 is 16.0 Å². The van der Waals surface area contributed by atoms with E-state index >= 15 is 0 Å². The summed E-state index contributed by atoms with van der Waals surface area (Å²) in [5.41, 5.74) is 5.65. The van der Waals surface area contributed by atoms with Gasteiger partial charge in [0.25, 0.3) is 0 Å². The van der Waals surface area contributed by atoms with Crippen LogP contribution in [0.15, 0.2) is 0 Å². The number of nitrogens with zero attached hydrogens (tertiary/aromatic N) is 1. The Balaban J connectivity index is 1.76. The van der Waals surface area contributed by atoms with Gasteiger partial charge in [-0.15, -0.1) is 0 Å². The Bertz CT molecular complexity index is 340. The van der Waals surface area contributed by atoms with Crippen molar-refractivity contribution in [3.05, 3.63) is 0 Å². The van der Waals surface area contributed by atoms with E-state index in [-0.39, 0.29) is 29.7 Å². The average Bonchev–Trinajstić information content (AvgIpc) is 3.22. The molecule has 2 rings (SSSR count). The Morgan fingerprint density at radius 3 is 2.68 bits per heavy atom. The van der Waals surface area contributed by atoms with Crippen molar-refractivity contribution in [3.8, 4) is 0 Å². The van der Waals surface area contributed by atoms with Gasteiger partial charge in [0.05, 0.1) is 5.92 Å². The minimum Gasteiger partial charge on any atom is -0.356 e. The quantitative estimate of drug-likeness (QED) is 0.761. The average molecular weight is 267 g/mol. The number of carbonyl (C=O) groups is 2. The van der Waals surface area contributed by atoms with Gasteiger partial charge in [-0.25, -0.2) is 0 Å². The first kappa shape index (κ1) is 14.3. The van der Waals surface area contributed by atoms with Gasteiger partial charge in [0.2, 0.25) is 11.8 Å². The van der Waals surface area contributed by atoms with Crippen LogP contribution in [0, 0.1) is 11.8 Å². The highest BCUT2D eigenvalue weighted by Gasteiger charge is 2.36. The molecule has 0 aromatic rings. The molecule has 3 N–H and O–H groups in total. The van der Waals surface area contributed by atoms with E-state index in [1.54, 1.807) is 0 Å². The highest BCUT2D eigenvalue weighted by Crippen LogP contribution is 2.32. The molecule has 1 heterocycles. The number of nitrogens with two attached hydrogens (primary N) is 1. The molecule has 2 fully saturated rings. The van der Waals surface area contributed by atoms with Crippen molar-refractivity contribution < 1.29 is 9.59 Å². The van der Waals surface area contributed by atoms with Crippen molar-refractivity contribution >= 4 is 11.8 Å². The van der Waals surface area contributed by atoms with E-state index in [0.29, 0.717) is 13.1 Å². The van der Waals surface area contributed by atoms with Gasteiger partial charge in [0, 0.05) is 31.6 Å². The number of likely N-dealkylation sites (tertiary alicyclic amines) is 1. The third-order valence-corrected chi connectivity index (χ3v) is 3.93. The van der Waals surface area contributed by atoms with E-state index in [9.17, 15) is 9.59 Å². The molecular weight excluding hydrogens is 242 g/mol. The third-order valence-electron chi connectivity index (χ3n) is 3.93. The Hall–Kier alpha value is -1.10. The molecule has 108 valence electrons. The molecule has 2 aliphatic rings. The maximum Gasteiger partial charge on any atom is 0.225 e. The summed E-state index contributed by atoms with van der Waals surface area (Å²) in [6.07, 6.45) is 4.67. The normalized spacial score (nSPS) is 24.9. The second-order valence-corrected chi connectivity index (χ2v) is 5.95. The fraction of sp³-hybridized carbons (Fsp3) is 0.857. The van der Waals surface area contributed by atoms with Crippen LogP contribution in [0.4, 0.5) is 0 Å². The molecular formula is C14H25N3O2. The first-order chi connectivity index (χ1) is 9.08. The maximum absolute atomic E-state index is 12.0. The van der Waals surface area contributed by atoms with E-state index in [2.05, 4.69) is 5.32 Å². The summed E-state index contributed by atoms with van der Waals surface area (Å²) in [7, 11) is 0. The molecule has 0 radical (unpaired) electrons. The standard InChI is InChI=1S/C14H25N3O2/c1-10(15)6-7-16-13(18)12-3-2-8-17(9-12)14(19)11-4-5-11/h10-12H,2-9,15H2,1H3,(H,16,18). The second kappa shape index (κ2) is 6.37. The van der Waals surface area contributed by atoms with Crippen molar-refractivity contribution in [2.45, 2.75) is 45.1 Å². The zero-order valence-corrected chi connectivity index (χ0v) is 11.7. The van der Waals surface area contributed by atoms with Gasteiger partial charge in [-0.3, -0.25) is 9.59 Å². The van der Waals surface area contributed by atoms with Gasteiger partial charge >= 0.3 is 0 Å². The summed E-state index contributed by atoms with van der Waals surface area (Å²) >= 11 is 0. The number of piperidine rings is 1. The molecule has 1 saturated carbocycles. The van der Waals surface area contributed by atoms with Crippen molar-refractivity contribution in [2.75, 3.05) is 19.6 Å². The summed E-state index contributed by atoms with van der Waals surface area (Å²) in [6, 6.07) is 0.111. The van der Waals surface area contributed by atoms with Crippen LogP contribution < -0.4 is 11.1 Å². The number of rotatable bonds is 5. The fourth-order valence-corrected chi connectivity index (χ4v) is 2.55. The number of hydrogen-bond acceptors (Lipinski definition) is 3. The van der Waals surface area contributed by atoms with Crippen molar-refractivity contribution in [2.24, 2.45) is 17.6 Å². The van der Waals surface area contributed by atoms with Crippen LogP contribution in [-0.2, 0) is 9.59 Å². The van der Waals surface area contributed by atoms with Crippen LogP contribution >= 0.6 is 0 Å². The molecule has 19 heavy (non-hydrogen) atoms. The topological polar surface area (TPSA) is 75.4 Å². The summed E-state index contributed by atoms with van der Waals surface area (Å²) < 4.78 is 0. The Kier molecular flexibility index (Phi) is 4.80. The lowest BCUT2D eigenvalue weighted by Crippen LogP contribution is -2.46. The SMILES string of the molecule is CC(N)CCNC(=O)C1CCCN(C(=O)C2CC2)C1. The minimum atomic E-state index is -0.0375. The summed E-state index contributed by atoms with van der Waals surface area (Å²) in [6.45, 7) is 3.98. The zero-order valence-electron chi connectivity index (χ0n) is 11.7. The van der Waals surface area contributed by atoms with Crippen LogP contribution in [0.25, 0.3) is 0 Å². The van der Waals surface area contributed by atoms with E-state index in [4.69, 9.17) is 5.73 Å². The molecule has 2 unspecified atom stereocenters. The van der Waals surface area contributed by atoms with Crippen LogP contribution in [0.1, 0.15) is 39.0 Å². The minimum absolute atomic E-state index is 0.0375. The highest BCUT2D eigenvalue weighted by atomic mass is 16.2. The van der Waals surface area contributed by atoms with Gasteiger partial charge in [-0.05, 0) is 39.0 Å². The smallest absolute Gasteiger partial charge is 0.225 e. The molecule has 0 spiro atoms. The molecule has 5 heteroatoms. The molecule has 5 nitrogen and oxygen atoms in total. The van der Waals surface area contributed by atoms with Crippen molar-refractivity contribution in [3.63, 3.8) is 0 Å². The largest absolute Gasteiger partial charge is 0.356 e. The van der Waals surface area contributed by atoms with Gasteiger partial charge in [0.1, 0.15) is 0 Å². The fourth-order valence-electron chi connectivity index (χ4n) is 2.55. The van der Waals surface area contributed by atoms with E-state index in [1.165, 1.54) is 0 Å². The third kappa shape index (κ3) is 4.20. The van der Waals surface area contributed by atoms with E-state index in [1.807, 2.05) is 11.8 Å². The molecule has 0 aromatic heterocycles. The molecule has 0 aromatic carbocycles. The van der Waals surface area contributed by atoms with Gasteiger partial charge in [-0.2, -0.15) is 0 Å². The highest BCUT2D eigenvalue weighted by molar-refractivity contribution is 5.83. The first-order valence-corrected chi connectivity index (χ1v) is 7.40. The van der Waals surface area contributed by atoms with Gasteiger partial charge in [0.15, 0.2) is 0 Å². The van der Waals surface area contributed by atoms with Crippen LogP contribution in [-0.4, -0.2) is 42.4 Å². The second-order valence-electron chi connectivity index (χ2n) is 5.95. The molecule has 1 saturated heterocycles. The van der Waals surface area contributed by atoms with Crippen LogP contribution in [0.2, 0.25) is 0 Å². The van der Waals surface area contributed by atoms with Crippen LogP contribution in [0.5, 0.6) is 0 Å². The summed E-state index contributed by atoms with van der Waals surface area (Å²) in [4.78, 5) is 25.9. The summed E-state index contributed by atoms with van der Waals surface area (Å²) in [5.74, 6) is 0.548. The van der Waals surface area contributed by atoms with Crippen molar-refractivity contribution in [1.29, 1.82) is 0 Å². The predicted octanol–water partition coefficient (Wildman–Crippen LogP) is 0.488. The maximum atomic E-state index is 12.0. The number of nitrogens with one attached hydrogen (secondary N) is 1. The Morgan fingerprint density at radius 1 is 1.32 bits per heavy atom. The zero-order chi connectivity index (χ0) is 13.8. The molecule has 0 bridgehead atoms.